The molecular weight excluding hydrogens is 404 g/mol. The highest BCUT2D eigenvalue weighted by Crippen LogP contribution is 2.35. The second-order valence-corrected chi connectivity index (χ2v) is 9.08. The van der Waals surface area contributed by atoms with Crippen LogP contribution in [0.15, 0.2) is 46.1 Å². The van der Waals surface area contributed by atoms with E-state index in [1.807, 2.05) is 30.3 Å². The second-order valence-electron chi connectivity index (χ2n) is 9.08. The molecule has 1 saturated carbocycles. The van der Waals surface area contributed by atoms with Gasteiger partial charge in [0.1, 0.15) is 5.76 Å². The first-order chi connectivity index (χ1) is 15.6. The van der Waals surface area contributed by atoms with Crippen molar-refractivity contribution in [1.29, 1.82) is 0 Å². The maximum atomic E-state index is 13.2. The summed E-state index contributed by atoms with van der Waals surface area (Å²) in [6, 6.07) is 9.83. The van der Waals surface area contributed by atoms with Crippen molar-refractivity contribution < 1.29 is 18.9 Å². The van der Waals surface area contributed by atoms with Gasteiger partial charge in [0, 0.05) is 44.5 Å². The fourth-order valence-electron chi connectivity index (χ4n) is 5.38. The van der Waals surface area contributed by atoms with Crippen molar-refractivity contribution >= 4 is 17.3 Å². The Morgan fingerprint density at radius 2 is 1.66 bits per heavy atom. The van der Waals surface area contributed by atoms with Gasteiger partial charge in [0.05, 0.1) is 16.8 Å². The van der Waals surface area contributed by atoms with E-state index in [0.29, 0.717) is 54.7 Å². The van der Waals surface area contributed by atoms with Crippen LogP contribution in [0, 0.1) is 0 Å². The molecule has 0 N–H and O–H groups in total. The number of benzene rings is 1. The summed E-state index contributed by atoms with van der Waals surface area (Å²) < 4.78 is 5.43. The van der Waals surface area contributed by atoms with Crippen molar-refractivity contribution in [3.63, 3.8) is 0 Å². The molecule has 2 fully saturated rings. The Morgan fingerprint density at radius 1 is 0.938 bits per heavy atom. The first-order valence-corrected chi connectivity index (χ1v) is 11.7. The lowest BCUT2D eigenvalue weighted by Gasteiger charge is -2.29. The van der Waals surface area contributed by atoms with E-state index in [1.54, 1.807) is 0 Å². The van der Waals surface area contributed by atoms with Gasteiger partial charge in [-0.15, -0.1) is 0 Å². The predicted octanol–water partition coefficient (Wildman–Crippen LogP) is 4.19. The Hall–Kier alpha value is -3.02. The Morgan fingerprint density at radius 3 is 2.38 bits per heavy atom. The number of Topliss-reactive ketones (excluding diaryl/α,β-unsaturated/α-hetero) is 3. The monoisotopic (exact) mass is 432 g/mol. The van der Waals surface area contributed by atoms with Crippen LogP contribution < -0.4 is 0 Å². The fourth-order valence-corrected chi connectivity index (χ4v) is 5.38. The summed E-state index contributed by atoms with van der Waals surface area (Å²) in [5.41, 5.74) is 3.56. The van der Waals surface area contributed by atoms with E-state index in [9.17, 15) is 14.4 Å². The molecule has 0 amide bonds. The van der Waals surface area contributed by atoms with Crippen molar-refractivity contribution in [2.75, 3.05) is 13.1 Å². The molecule has 5 rings (SSSR count). The number of aryl methyl sites for hydroxylation is 2. The van der Waals surface area contributed by atoms with Crippen LogP contribution in [0.4, 0.5) is 0 Å². The highest BCUT2D eigenvalue weighted by molar-refractivity contribution is 6.22. The zero-order valence-electron chi connectivity index (χ0n) is 18.3. The molecule has 166 valence electrons. The second kappa shape index (κ2) is 8.85. The summed E-state index contributed by atoms with van der Waals surface area (Å²) in [5.74, 6) is 0.598. The van der Waals surface area contributed by atoms with Gasteiger partial charge in [-0.2, -0.15) is 0 Å². The Bertz CT molecular complexity index is 1060. The highest BCUT2D eigenvalue weighted by Gasteiger charge is 2.35. The number of likely N-dealkylation sites (tertiary alicyclic amines) is 1. The van der Waals surface area contributed by atoms with E-state index in [0.717, 1.165) is 50.0 Å². The zero-order chi connectivity index (χ0) is 22.1. The number of nitrogens with zero attached hydrogens (tertiary/aromatic N) is 2. The normalized spacial score (nSPS) is 21.2. The van der Waals surface area contributed by atoms with Crippen molar-refractivity contribution in [3.8, 4) is 0 Å². The fraction of sp³-hybridized carbons (Fsp3) is 0.462. The predicted molar refractivity (Wildman–Crippen MR) is 118 cm³/mol. The molecular formula is C26H28N2O4. The molecule has 1 aromatic carbocycles. The number of rotatable bonds is 5. The van der Waals surface area contributed by atoms with Gasteiger partial charge >= 0.3 is 0 Å². The lowest BCUT2D eigenvalue weighted by molar-refractivity contribution is -0.124. The quantitative estimate of drug-likeness (QED) is 0.521. The van der Waals surface area contributed by atoms with Crippen molar-refractivity contribution in [1.82, 2.24) is 10.1 Å². The van der Waals surface area contributed by atoms with E-state index in [1.165, 1.54) is 0 Å². The van der Waals surface area contributed by atoms with Crippen LogP contribution in [-0.4, -0.2) is 40.5 Å². The molecule has 2 heterocycles. The van der Waals surface area contributed by atoms with E-state index in [-0.39, 0.29) is 23.3 Å². The number of hydrogen-bond donors (Lipinski definition) is 0. The summed E-state index contributed by atoms with van der Waals surface area (Å²) in [7, 11) is 0. The molecule has 6 nitrogen and oxygen atoms in total. The summed E-state index contributed by atoms with van der Waals surface area (Å²) in [5, 5.41) is 4.17. The first-order valence-electron chi connectivity index (χ1n) is 11.7. The average Bonchev–Trinajstić information content (AvgIpc) is 3.47. The minimum Gasteiger partial charge on any atom is -0.374 e. The standard InChI is InChI=1S/C26H28N2O4/c29-21-9-6-10-24-25(21)19(27-32-24)11-12-20(28-13-4-5-14-28)26-22(30)15-18(16-23(26)31)17-7-2-1-3-8-17/h1-3,7-8,18H,4-6,9-16H2. The summed E-state index contributed by atoms with van der Waals surface area (Å²) in [4.78, 5) is 41.1. The number of hydrogen-bond acceptors (Lipinski definition) is 6. The Labute approximate surface area is 187 Å². The van der Waals surface area contributed by atoms with Crippen LogP contribution in [-0.2, 0) is 22.4 Å². The number of aromatic nitrogens is 1. The largest absolute Gasteiger partial charge is 0.374 e. The first kappa shape index (κ1) is 20.9. The lowest BCUT2D eigenvalue weighted by atomic mass is 9.78. The lowest BCUT2D eigenvalue weighted by Crippen LogP contribution is -2.31. The van der Waals surface area contributed by atoms with Crippen molar-refractivity contribution in [2.24, 2.45) is 0 Å². The van der Waals surface area contributed by atoms with Gasteiger partial charge in [-0.25, -0.2) is 0 Å². The average molecular weight is 433 g/mol. The van der Waals surface area contributed by atoms with Gasteiger partial charge in [-0.3, -0.25) is 14.4 Å². The molecule has 6 heteroatoms. The van der Waals surface area contributed by atoms with Gasteiger partial charge in [-0.05, 0) is 43.6 Å². The molecule has 1 saturated heterocycles. The van der Waals surface area contributed by atoms with Gasteiger partial charge in [0.2, 0.25) is 0 Å². The molecule has 0 radical (unpaired) electrons. The topological polar surface area (TPSA) is 80.5 Å². The molecule has 0 unspecified atom stereocenters. The van der Waals surface area contributed by atoms with Crippen molar-refractivity contribution in [2.45, 2.75) is 63.7 Å². The van der Waals surface area contributed by atoms with E-state index >= 15 is 0 Å². The number of ketones is 3. The maximum absolute atomic E-state index is 13.2. The van der Waals surface area contributed by atoms with Crippen LogP contribution in [0.1, 0.15) is 78.2 Å². The van der Waals surface area contributed by atoms with Crippen LogP contribution in [0.5, 0.6) is 0 Å². The van der Waals surface area contributed by atoms with Crippen LogP contribution >= 0.6 is 0 Å². The summed E-state index contributed by atoms with van der Waals surface area (Å²) >= 11 is 0. The third kappa shape index (κ3) is 3.94. The number of carbonyl (C=O) groups is 3. The summed E-state index contributed by atoms with van der Waals surface area (Å²) in [6.07, 6.45) is 5.94. The van der Waals surface area contributed by atoms with E-state index in [2.05, 4.69) is 10.1 Å². The van der Waals surface area contributed by atoms with Crippen LogP contribution in [0.25, 0.3) is 0 Å². The molecule has 2 aromatic rings. The van der Waals surface area contributed by atoms with Crippen LogP contribution in [0.3, 0.4) is 0 Å². The highest BCUT2D eigenvalue weighted by atomic mass is 16.5. The zero-order valence-corrected chi connectivity index (χ0v) is 18.3. The number of allylic oxidation sites excluding steroid dienone is 2. The van der Waals surface area contributed by atoms with E-state index in [4.69, 9.17) is 4.52 Å². The number of carbonyl (C=O) groups excluding carboxylic acids is 3. The van der Waals surface area contributed by atoms with Crippen LogP contribution in [0.2, 0.25) is 0 Å². The van der Waals surface area contributed by atoms with Gasteiger partial charge in [-0.1, -0.05) is 35.5 Å². The maximum Gasteiger partial charge on any atom is 0.168 e. The molecule has 32 heavy (non-hydrogen) atoms. The molecule has 0 bridgehead atoms. The summed E-state index contributed by atoms with van der Waals surface area (Å²) in [6.45, 7) is 1.72. The number of fused-ring (bicyclic) bond motifs is 1. The Kier molecular flexibility index (Phi) is 5.77. The Balaban J connectivity index is 1.42. The third-order valence-electron chi connectivity index (χ3n) is 6.99. The third-order valence-corrected chi connectivity index (χ3v) is 6.99. The molecule has 0 spiro atoms. The van der Waals surface area contributed by atoms with Gasteiger partial charge < -0.3 is 9.42 Å². The SMILES string of the molecule is O=C1CC(c2ccccc2)CC(=O)C1=C(CCc1noc2c1C(=O)CCC2)N1CCCC1. The molecule has 3 aliphatic rings. The molecule has 1 aliphatic heterocycles. The molecule has 1 aromatic heterocycles. The minimum atomic E-state index is -0.0599. The molecule has 2 aliphatic carbocycles. The smallest absolute Gasteiger partial charge is 0.168 e. The van der Waals surface area contributed by atoms with E-state index < -0.39 is 0 Å². The van der Waals surface area contributed by atoms with Gasteiger partial charge in [0.25, 0.3) is 0 Å². The van der Waals surface area contributed by atoms with Gasteiger partial charge in [0.15, 0.2) is 17.3 Å². The minimum absolute atomic E-state index is 0.0556. The molecule has 0 atom stereocenters. The van der Waals surface area contributed by atoms with Crippen molar-refractivity contribution in [3.05, 3.63) is 64.2 Å².